The van der Waals surface area contributed by atoms with E-state index in [0.29, 0.717) is 26.2 Å². The zero-order valence-corrected chi connectivity index (χ0v) is 27.0. The Morgan fingerprint density at radius 2 is 1.89 bits per heavy atom. The molecule has 3 rings (SSSR count). The van der Waals surface area contributed by atoms with Gasteiger partial charge in [0.25, 0.3) is 0 Å². The normalized spacial score (nSPS) is 11.8. The van der Waals surface area contributed by atoms with Crippen LogP contribution in [0.2, 0.25) is 0 Å². The Hall–Kier alpha value is -4.01. The molecule has 1 aromatic heterocycles. The number of nitrogens with one attached hydrogen (secondary N) is 1. The molecule has 234 valence electrons. The average Bonchev–Trinajstić information content (AvgIpc) is 3.47. The van der Waals surface area contributed by atoms with Crippen molar-refractivity contribution in [3.05, 3.63) is 115 Å². The summed E-state index contributed by atoms with van der Waals surface area (Å²) in [5.41, 5.74) is 3.87. The molecule has 0 spiro atoms. The fourth-order valence-corrected chi connectivity index (χ4v) is 5.12. The van der Waals surface area contributed by atoms with Gasteiger partial charge in [0.1, 0.15) is 18.1 Å². The highest BCUT2D eigenvalue weighted by Crippen LogP contribution is 2.25. The van der Waals surface area contributed by atoms with E-state index in [0.717, 1.165) is 65.0 Å². The number of carbonyl (C=O) groups excluding carboxylic acids is 1. The minimum Gasteiger partial charge on any atom is -0.493 e. The third-order valence-electron chi connectivity index (χ3n) is 6.32. The summed E-state index contributed by atoms with van der Waals surface area (Å²) in [6, 6.07) is 13.9. The van der Waals surface area contributed by atoms with Crippen LogP contribution in [0.3, 0.4) is 0 Å². The molecular formula is C36H45N3O4S. The van der Waals surface area contributed by atoms with E-state index in [1.807, 2.05) is 80.1 Å². The first-order valence-electron chi connectivity index (χ1n) is 15.2. The average molecular weight is 616 g/mol. The number of aryl methyl sites for hydroxylation is 1. The first-order valence-corrected chi connectivity index (χ1v) is 16.2. The van der Waals surface area contributed by atoms with Crippen molar-refractivity contribution in [3.63, 3.8) is 0 Å². The summed E-state index contributed by atoms with van der Waals surface area (Å²) in [5.74, 6) is 2.10. The van der Waals surface area contributed by atoms with Gasteiger partial charge >= 0.3 is 0 Å². The lowest BCUT2D eigenvalue weighted by molar-refractivity contribution is -0.111. The number of ether oxygens (including phenoxy) is 3. The molecule has 1 heterocycles. The molecule has 0 fully saturated rings. The van der Waals surface area contributed by atoms with E-state index < -0.39 is 0 Å². The van der Waals surface area contributed by atoms with Gasteiger partial charge in [0.2, 0.25) is 5.91 Å². The van der Waals surface area contributed by atoms with Gasteiger partial charge in [-0.2, -0.15) is 0 Å². The molecule has 0 aliphatic rings. The standard InChI is InChI=1S/C36H45N3O4S/c1-5-10-33(43-24-23-41-22-7-3)12-9-11-29-13-19-35(42-8-4)30(25-29)14-20-36(40)38-31-15-17-34(18-16-31)44-27-32-26-37-28-39(32)21-6-2/h5,9-10,12-20,25-26,28H,1,6-8,11,21-24,27H2,2-4H3,(H,38,40)/b12-9-,20-14+,33-10+. The molecule has 0 bridgehead atoms. The van der Waals surface area contributed by atoms with Crippen LogP contribution in [0.15, 0.2) is 103 Å². The van der Waals surface area contributed by atoms with Crippen molar-refractivity contribution in [1.29, 1.82) is 0 Å². The predicted molar refractivity (Wildman–Crippen MR) is 182 cm³/mol. The smallest absolute Gasteiger partial charge is 0.248 e. The van der Waals surface area contributed by atoms with Crippen molar-refractivity contribution < 1.29 is 19.0 Å². The molecule has 0 atom stereocenters. The van der Waals surface area contributed by atoms with Crippen LogP contribution >= 0.6 is 11.8 Å². The molecule has 7 nitrogen and oxygen atoms in total. The number of carbonyl (C=O) groups is 1. The predicted octanol–water partition coefficient (Wildman–Crippen LogP) is 8.25. The summed E-state index contributed by atoms with van der Waals surface area (Å²) >= 11 is 1.75. The molecule has 44 heavy (non-hydrogen) atoms. The third-order valence-corrected chi connectivity index (χ3v) is 7.37. The van der Waals surface area contributed by atoms with Gasteiger partial charge in [0, 0.05) is 53.0 Å². The second-order valence-electron chi connectivity index (χ2n) is 9.89. The molecule has 3 aromatic rings. The number of nitrogens with zero attached hydrogens (tertiary/aromatic N) is 2. The highest BCUT2D eigenvalue weighted by molar-refractivity contribution is 7.98. The van der Waals surface area contributed by atoms with Crippen molar-refractivity contribution in [2.45, 2.75) is 57.2 Å². The zero-order valence-electron chi connectivity index (χ0n) is 26.2. The third kappa shape index (κ3) is 12.3. The van der Waals surface area contributed by atoms with Gasteiger partial charge in [-0.25, -0.2) is 4.98 Å². The summed E-state index contributed by atoms with van der Waals surface area (Å²) in [5, 5.41) is 2.95. The van der Waals surface area contributed by atoms with Crippen molar-refractivity contribution in [2.75, 3.05) is 31.7 Å². The number of imidazole rings is 1. The lowest BCUT2D eigenvalue weighted by Crippen LogP contribution is -2.07. The quantitative estimate of drug-likeness (QED) is 0.0454. The number of thioether (sulfide) groups is 1. The molecule has 0 saturated heterocycles. The largest absolute Gasteiger partial charge is 0.493 e. The molecular weight excluding hydrogens is 570 g/mol. The van der Waals surface area contributed by atoms with Crippen LogP contribution in [0.4, 0.5) is 5.69 Å². The molecule has 1 N–H and O–H groups in total. The summed E-state index contributed by atoms with van der Waals surface area (Å²) in [4.78, 5) is 18.2. The number of hydrogen-bond donors (Lipinski definition) is 1. The maximum atomic E-state index is 12.8. The van der Waals surface area contributed by atoms with Gasteiger partial charge < -0.3 is 24.1 Å². The molecule has 0 saturated carbocycles. The second kappa shape index (κ2) is 20.0. The van der Waals surface area contributed by atoms with Crippen LogP contribution in [-0.2, 0) is 33.0 Å². The van der Waals surface area contributed by atoms with Crippen LogP contribution in [0, 0.1) is 0 Å². The Balaban J connectivity index is 1.56. The highest BCUT2D eigenvalue weighted by Gasteiger charge is 2.06. The van der Waals surface area contributed by atoms with Crippen molar-refractivity contribution >= 4 is 29.4 Å². The fourth-order valence-electron chi connectivity index (χ4n) is 4.24. The molecule has 2 aromatic carbocycles. The lowest BCUT2D eigenvalue weighted by atomic mass is 10.1. The van der Waals surface area contributed by atoms with E-state index in [1.54, 1.807) is 23.9 Å². The van der Waals surface area contributed by atoms with E-state index in [9.17, 15) is 4.79 Å². The minimum absolute atomic E-state index is 0.208. The van der Waals surface area contributed by atoms with Crippen LogP contribution < -0.4 is 10.1 Å². The van der Waals surface area contributed by atoms with Gasteiger partial charge in [0.05, 0.1) is 19.5 Å². The topological polar surface area (TPSA) is 74.6 Å². The van der Waals surface area contributed by atoms with Crippen LogP contribution in [-0.4, -0.2) is 41.9 Å². The number of allylic oxidation sites excluding steroid dienone is 4. The SMILES string of the molecule is C=C/C=C(\C=C/Cc1ccc(OCC)c(/C=C/C(=O)Nc2ccc(SCc3cncn3CCC)cc2)c1)OCCOCCC. The first kappa shape index (κ1) is 34.5. The number of aromatic nitrogens is 2. The first-order chi connectivity index (χ1) is 21.6. The summed E-state index contributed by atoms with van der Waals surface area (Å²) < 4.78 is 19.3. The molecule has 8 heteroatoms. The van der Waals surface area contributed by atoms with Crippen LogP contribution in [0.25, 0.3) is 6.08 Å². The van der Waals surface area contributed by atoms with E-state index in [1.165, 1.54) is 11.8 Å². The van der Waals surface area contributed by atoms with Gasteiger partial charge in [0.15, 0.2) is 0 Å². The molecule has 0 unspecified atom stereocenters. The van der Waals surface area contributed by atoms with Gasteiger partial charge in [-0.1, -0.05) is 38.6 Å². The number of hydrogen-bond acceptors (Lipinski definition) is 6. The monoisotopic (exact) mass is 615 g/mol. The van der Waals surface area contributed by atoms with Crippen LogP contribution in [0.5, 0.6) is 5.75 Å². The fraction of sp³-hybridized carbons (Fsp3) is 0.333. The number of benzene rings is 2. The molecule has 0 aliphatic carbocycles. The maximum Gasteiger partial charge on any atom is 0.248 e. The van der Waals surface area contributed by atoms with Crippen molar-refractivity contribution in [2.24, 2.45) is 0 Å². The van der Waals surface area contributed by atoms with E-state index in [-0.39, 0.29) is 5.91 Å². The summed E-state index contributed by atoms with van der Waals surface area (Å²) in [7, 11) is 0. The van der Waals surface area contributed by atoms with Gasteiger partial charge in [-0.05, 0) is 86.4 Å². The van der Waals surface area contributed by atoms with Crippen molar-refractivity contribution in [1.82, 2.24) is 9.55 Å². The number of anilines is 1. The van der Waals surface area contributed by atoms with Crippen molar-refractivity contribution in [3.8, 4) is 5.75 Å². The minimum atomic E-state index is -0.208. The second-order valence-corrected chi connectivity index (χ2v) is 10.9. The van der Waals surface area contributed by atoms with Gasteiger partial charge in [-0.3, -0.25) is 4.79 Å². The van der Waals surface area contributed by atoms with E-state index in [4.69, 9.17) is 14.2 Å². The van der Waals surface area contributed by atoms with Crippen LogP contribution in [0.1, 0.15) is 50.4 Å². The zero-order chi connectivity index (χ0) is 31.4. The lowest BCUT2D eigenvalue weighted by Gasteiger charge is -2.10. The van der Waals surface area contributed by atoms with Gasteiger partial charge in [-0.15, -0.1) is 11.8 Å². The molecule has 0 aliphatic heterocycles. The molecule has 1 amide bonds. The van der Waals surface area contributed by atoms with E-state index >= 15 is 0 Å². The number of rotatable bonds is 20. The summed E-state index contributed by atoms with van der Waals surface area (Å²) in [6.07, 6.45) is 17.4. The Kier molecular flexibility index (Phi) is 15.7. The Labute approximate surface area is 266 Å². The number of amides is 1. The Morgan fingerprint density at radius 3 is 2.64 bits per heavy atom. The van der Waals surface area contributed by atoms with E-state index in [2.05, 4.69) is 35.3 Å². The molecule has 0 radical (unpaired) electrons. The maximum absolute atomic E-state index is 12.8. The summed E-state index contributed by atoms with van der Waals surface area (Å²) in [6.45, 7) is 13.2. The Morgan fingerprint density at radius 1 is 1.05 bits per heavy atom. The highest BCUT2D eigenvalue weighted by atomic mass is 32.2. The Bertz CT molecular complexity index is 1390.